The van der Waals surface area contributed by atoms with Crippen LogP contribution in [0.1, 0.15) is 16.7 Å². The van der Waals surface area contributed by atoms with Crippen molar-refractivity contribution >= 4 is 45.8 Å². The van der Waals surface area contributed by atoms with Crippen molar-refractivity contribution in [1.29, 1.82) is 0 Å². The van der Waals surface area contributed by atoms with Gasteiger partial charge >= 0.3 is 0 Å². The summed E-state index contributed by atoms with van der Waals surface area (Å²) < 4.78 is 12.1. The van der Waals surface area contributed by atoms with E-state index in [2.05, 4.69) is 0 Å². The molecule has 0 saturated carbocycles. The average Bonchev–Trinajstić information content (AvgIpc) is 2.70. The lowest BCUT2D eigenvalue weighted by Crippen LogP contribution is -2.11. The molecule has 3 aromatic carbocycles. The van der Waals surface area contributed by atoms with Crippen LogP contribution < -0.4 is 10.2 Å². The average molecular weight is 460 g/mol. The van der Waals surface area contributed by atoms with Gasteiger partial charge in [-0.15, -0.1) is 0 Å². The second kappa shape index (κ2) is 8.35. The third-order valence-corrected chi connectivity index (χ3v) is 5.89. The molecule has 0 atom stereocenters. The van der Waals surface area contributed by atoms with Crippen molar-refractivity contribution in [2.75, 3.05) is 0 Å². The zero-order valence-electron chi connectivity index (χ0n) is 16.3. The minimum absolute atomic E-state index is 0.0779. The Morgan fingerprint density at radius 2 is 1.63 bits per heavy atom. The van der Waals surface area contributed by atoms with Gasteiger partial charge in [0.2, 0.25) is 11.2 Å². The lowest BCUT2D eigenvalue weighted by Gasteiger charge is -2.14. The summed E-state index contributed by atoms with van der Waals surface area (Å²) in [6, 6.07) is 15.9. The maximum absolute atomic E-state index is 13.4. The van der Waals surface area contributed by atoms with Gasteiger partial charge in [0.15, 0.2) is 5.76 Å². The number of hydrogen-bond acceptors (Lipinski definition) is 3. The molecule has 4 aromatic rings. The van der Waals surface area contributed by atoms with Crippen molar-refractivity contribution in [1.82, 2.24) is 0 Å². The Hall–Kier alpha value is -2.46. The van der Waals surface area contributed by atoms with Gasteiger partial charge < -0.3 is 9.15 Å². The fourth-order valence-corrected chi connectivity index (χ4v) is 3.86. The lowest BCUT2D eigenvalue weighted by atomic mass is 10.0. The van der Waals surface area contributed by atoms with Gasteiger partial charge in [-0.1, -0.05) is 53.0 Å². The summed E-state index contributed by atoms with van der Waals surface area (Å²) >= 11 is 18.6. The summed E-state index contributed by atoms with van der Waals surface area (Å²) in [5, 5.41) is 1.89. The second-order valence-electron chi connectivity index (χ2n) is 7.03. The predicted molar refractivity (Wildman–Crippen MR) is 123 cm³/mol. The number of rotatable bonds is 4. The van der Waals surface area contributed by atoms with Crippen molar-refractivity contribution in [3.05, 3.63) is 96.6 Å². The Balaban J connectivity index is 1.90. The molecule has 0 saturated heterocycles. The van der Waals surface area contributed by atoms with Crippen LogP contribution in [0.25, 0.3) is 22.3 Å². The molecule has 0 aliphatic rings. The summed E-state index contributed by atoms with van der Waals surface area (Å²) in [7, 11) is 0. The van der Waals surface area contributed by atoms with E-state index in [0.29, 0.717) is 37.2 Å². The molecular weight excluding hydrogens is 443 g/mol. The van der Waals surface area contributed by atoms with Gasteiger partial charge in [-0.05, 0) is 61.4 Å². The lowest BCUT2D eigenvalue weighted by molar-refractivity contribution is 0.298. The molecule has 0 unspecified atom stereocenters. The van der Waals surface area contributed by atoms with E-state index in [1.165, 1.54) is 0 Å². The van der Waals surface area contributed by atoms with Crippen LogP contribution in [0, 0.1) is 13.8 Å². The quantitative estimate of drug-likeness (QED) is 0.315. The topological polar surface area (TPSA) is 39.4 Å². The number of hydrogen-bond donors (Lipinski definition) is 0. The highest BCUT2D eigenvalue weighted by Gasteiger charge is 2.20. The number of ether oxygens (including phenoxy) is 1. The van der Waals surface area contributed by atoms with Crippen molar-refractivity contribution in [2.24, 2.45) is 0 Å². The molecule has 0 aliphatic heterocycles. The smallest absolute Gasteiger partial charge is 0.235 e. The first-order chi connectivity index (χ1) is 14.3. The van der Waals surface area contributed by atoms with Gasteiger partial charge in [-0.2, -0.15) is 0 Å². The third kappa shape index (κ3) is 3.93. The molecule has 30 heavy (non-hydrogen) atoms. The molecule has 0 amide bonds. The van der Waals surface area contributed by atoms with Crippen LogP contribution in [0.3, 0.4) is 0 Å². The van der Waals surface area contributed by atoms with E-state index in [0.717, 1.165) is 11.1 Å². The summed E-state index contributed by atoms with van der Waals surface area (Å²) in [6.07, 6.45) is 0. The number of fused-ring (bicyclic) bond motifs is 1. The van der Waals surface area contributed by atoms with Crippen LogP contribution in [0.5, 0.6) is 5.75 Å². The molecular formula is C24H17Cl3O3. The van der Waals surface area contributed by atoms with Gasteiger partial charge in [0.1, 0.15) is 12.2 Å². The van der Waals surface area contributed by atoms with Crippen molar-refractivity contribution < 1.29 is 9.15 Å². The fraction of sp³-hybridized carbons (Fsp3) is 0.125. The van der Waals surface area contributed by atoms with Crippen molar-refractivity contribution in [2.45, 2.75) is 20.5 Å². The van der Waals surface area contributed by atoms with Crippen LogP contribution in [0.2, 0.25) is 15.1 Å². The highest BCUT2D eigenvalue weighted by atomic mass is 35.5. The Labute approximate surface area is 188 Å². The summed E-state index contributed by atoms with van der Waals surface area (Å²) in [5.74, 6) is 0.372. The van der Waals surface area contributed by atoms with Crippen LogP contribution >= 0.6 is 34.8 Å². The van der Waals surface area contributed by atoms with Crippen LogP contribution in [-0.4, -0.2) is 0 Å². The standard InChI is InChI=1S/C24H17Cl3O3/c1-13-9-18-21(10-14(13)2)30-23(17-5-3-4-6-19(17)26)24(22(18)28)29-12-15-7-8-16(25)11-20(15)27/h3-11H,12H2,1-2H3. The second-order valence-corrected chi connectivity index (χ2v) is 8.28. The first-order valence-electron chi connectivity index (χ1n) is 9.25. The van der Waals surface area contributed by atoms with Crippen LogP contribution in [-0.2, 0) is 6.61 Å². The van der Waals surface area contributed by atoms with E-state index >= 15 is 0 Å². The molecule has 0 N–H and O–H groups in total. The number of halogens is 3. The number of aryl methyl sites for hydroxylation is 2. The first kappa shape index (κ1) is 20.8. The number of benzene rings is 3. The molecule has 152 valence electrons. The minimum atomic E-state index is -0.264. The molecule has 1 aromatic heterocycles. The van der Waals surface area contributed by atoms with E-state index < -0.39 is 0 Å². The molecule has 1 heterocycles. The summed E-state index contributed by atoms with van der Waals surface area (Å²) in [4.78, 5) is 13.4. The summed E-state index contributed by atoms with van der Waals surface area (Å²) in [6.45, 7) is 4.00. The molecule has 0 bridgehead atoms. The maximum Gasteiger partial charge on any atom is 0.235 e. The van der Waals surface area contributed by atoms with Gasteiger partial charge in [-0.3, -0.25) is 4.79 Å². The van der Waals surface area contributed by atoms with Gasteiger partial charge in [0.05, 0.1) is 10.4 Å². The summed E-state index contributed by atoms with van der Waals surface area (Å²) in [5.41, 5.74) is 3.51. The molecule has 0 spiro atoms. The van der Waals surface area contributed by atoms with E-state index in [9.17, 15) is 4.79 Å². The van der Waals surface area contributed by atoms with Gasteiger partial charge in [0.25, 0.3) is 0 Å². The Kier molecular flexibility index (Phi) is 5.79. The zero-order valence-corrected chi connectivity index (χ0v) is 18.5. The highest BCUT2D eigenvalue weighted by Crippen LogP contribution is 2.36. The maximum atomic E-state index is 13.4. The Morgan fingerprint density at radius 3 is 2.37 bits per heavy atom. The molecule has 0 fully saturated rings. The molecule has 0 aliphatic carbocycles. The van der Waals surface area contributed by atoms with Crippen LogP contribution in [0.15, 0.2) is 63.8 Å². The predicted octanol–water partition coefficient (Wildman–Crippen LogP) is 7.62. The monoisotopic (exact) mass is 458 g/mol. The molecule has 3 nitrogen and oxygen atoms in total. The van der Waals surface area contributed by atoms with Gasteiger partial charge in [-0.25, -0.2) is 0 Å². The molecule has 0 radical (unpaired) electrons. The zero-order chi connectivity index (χ0) is 21.4. The Bertz CT molecular complexity index is 1330. The normalized spacial score (nSPS) is 11.1. The Morgan fingerprint density at radius 1 is 0.900 bits per heavy atom. The van der Waals surface area contributed by atoms with E-state index in [1.54, 1.807) is 30.3 Å². The third-order valence-electron chi connectivity index (χ3n) is 4.97. The van der Waals surface area contributed by atoms with E-state index in [1.807, 2.05) is 38.1 Å². The minimum Gasteiger partial charge on any atom is -0.481 e. The first-order valence-corrected chi connectivity index (χ1v) is 10.4. The fourth-order valence-electron chi connectivity index (χ4n) is 3.18. The van der Waals surface area contributed by atoms with E-state index in [4.69, 9.17) is 44.0 Å². The van der Waals surface area contributed by atoms with E-state index in [-0.39, 0.29) is 23.5 Å². The molecule has 4 rings (SSSR count). The molecule has 6 heteroatoms. The van der Waals surface area contributed by atoms with Gasteiger partial charge in [0, 0.05) is 21.2 Å². The van der Waals surface area contributed by atoms with Crippen molar-refractivity contribution in [3.63, 3.8) is 0 Å². The van der Waals surface area contributed by atoms with Crippen molar-refractivity contribution in [3.8, 4) is 17.1 Å². The highest BCUT2D eigenvalue weighted by molar-refractivity contribution is 6.35. The van der Waals surface area contributed by atoms with Crippen LogP contribution in [0.4, 0.5) is 0 Å². The largest absolute Gasteiger partial charge is 0.481 e. The SMILES string of the molecule is Cc1cc2oc(-c3ccccc3Cl)c(OCc3ccc(Cl)cc3Cl)c(=O)c2cc1C.